The van der Waals surface area contributed by atoms with E-state index in [2.05, 4.69) is 15.2 Å². The van der Waals surface area contributed by atoms with Crippen LogP contribution in [-0.2, 0) is 16.6 Å². The van der Waals surface area contributed by atoms with Gasteiger partial charge in [0.15, 0.2) is 0 Å². The summed E-state index contributed by atoms with van der Waals surface area (Å²) >= 11 is 0. The van der Waals surface area contributed by atoms with Crippen LogP contribution in [0.2, 0.25) is 0 Å². The van der Waals surface area contributed by atoms with Gasteiger partial charge in [-0.1, -0.05) is 24.3 Å². The number of rotatable bonds is 3. The second kappa shape index (κ2) is 9.39. The van der Waals surface area contributed by atoms with Crippen LogP contribution < -0.4 is 10.6 Å². The topological polar surface area (TPSA) is 68.2 Å². The normalized spacial score (nSPS) is 18.8. The highest BCUT2D eigenvalue weighted by Gasteiger charge is 2.28. The molecule has 4 rings (SSSR count). The summed E-state index contributed by atoms with van der Waals surface area (Å²) < 4.78 is 7.62. The fourth-order valence-electron chi connectivity index (χ4n) is 3.39. The molecule has 0 spiro atoms. The number of anilines is 1. The zero-order chi connectivity index (χ0) is 18.1. The second-order valence-electron chi connectivity index (χ2n) is 6.56. The van der Waals surface area contributed by atoms with Gasteiger partial charge in [0.1, 0.15) is 11.9 Å². The van der Waals surface area contributed by atoms with Crippen LogP contribution in [-0.4, -0.2) is 40.8 Å². The minimum Gasteiger partial charge on any atom is -0.375 e. The predicted molar refractivity (Wildman–Crippen MR) is 116 cm³/mol. The molecule has 0 radical (unpaired) electrons. The van der Waals surface area contributed by atoms with Gasteiger partial charge in [-0.25, -0.2) is 4.98 Å². The molecular formula is C20H24Cl2N4O2. The average molecular weight is 423 g/mol. The van der Waals surface area contributed by atoms with Crippen molar-refractivity contribution in [1.82, 2.24) is 14.9 Å². The number of amides is 1. The van der Waals surface area contributed by atoms with Crippen molar-refractivity contribution in [1.29, 1.82) is 0 Å². The van der Waals surface area contributed by atoms with E-state index in [0.29, 0.717) is 13.2 Å². The molecule has 2 N–H and O–H groups in total. The van der Waals surface area contributed by atoms with E-state index < -0.39 is 0 Å². The van der Waals surface area contributed by atoms with Crippen LogP contribution in [0.1, 0.15) is 6.92 Å². The van der Waals surface area contributed by atoms with Crippen molar-refractivity contribution >= 4 is 47.4 Å². The number of para-hydroxylation sites is 2. The Balaban J connectivity index is 0.00000140. The number of ether oxygens (including phenoxy) is 1. The van der Waals surface area contributed by atoms with E-state index in [-0.39, 0.29) is 42.9 Å². The van der Waals surface area contributed by atoms with Crippen LogP contribution in [0, 0.1) is 0 Å². The molecule has 2 heterocycles. The number of imidazole rings is 1. The lowest BCUT2D eigenvalue weighted by atomic mass is 10.1. The van der Waals surface area contributed by atoms with E-state index in [1.54, 1.807) is 0 Å². The van der Waals surface area contributed by atoms with Gasteiger partial charge in [0.2, 0.25) is 5.91 Å². The summed E-state index contributed by atoms with van der Waals surface area (Å²) in [7, 11) is 2.00. The van der Waals surface area contributed by atoms with Gasteiger partial charge in [-0.2, -0.15) is 0 Å². The number of aryl methyl sites for hydroxylation is 1. The molecule has 0 unspecified atom stereocenters. The van der Waals surface area contributed by atoms with Crippen LogP contribution >= 0.6 is 24.8 Å². The molecule has 0 saturated carbocycles. The first-order valence-electron chi connectivity index (χ1n) is 8.81. The third kappa shape index (κ3) is 4.31. The first-order chi connectivity index (χ1) is 12.6. The van der Waals surface area contributed by atoms with Crippen molar-refractivity contribution in [2.24, 2.45) is 7.05 Å². The summed E-state index contributed by atoms with van der Waals surface area (Å²) in [5.74, 6) is 0.786. The smallest absolute Gasteiger partial charge is 0.244 e. The van der Waals surface area contributed by atoms with Crippen LogP contribution in [0.15, 0.2) is 48.5 Å². The predicted octanol–water partition coefficient (Wildman–Crippen LogP) is 3.40. The van der Waals surface area contributed by atoms with E-state index in [4.69, 9.17) is 9.72 Å². The first-order valence-corrected chi connectivity index (χ1v) is 8.81. The maximum absolute atomic E-state index is 12.6. The number of nitrogens with zero attached hydrogens (tertiary/aromatic N) is 2. The Morgan fingerprint density at radius 3 is 2.75 bits per heavy atom. The van der Waals surface area contributed by atoms with Gasteiger partial charge in [0.25, 0.3) is 0 Å². The lowest BCUT2D eigenvalue weighted by Gasteiger charge is -2.29. The fraction of sp³-hybridized carbons (Fsp3) is 0.300. The monoisotopic (exact) mass is 422 g/mol. The second-order valence-corrected chi connectivity index (χ2v) is 6.56. The number of halogens is 2. The van der Waals surface area contributed by atoms with Crippen LogP contribution in [0.25, 0.3) is 22.4 Å². The fourth-order valence-corrected chi connectivity index (χ4v) is 3.39. The number of aromatic nitrogens is 2. The maximum atomic E-state index is 12.6. The van der Waals surface area contributed by atoms with Crippen LogP contribution in [0.3, 0.4) is 0 Å². The minimum absolute atomic E-state index is 0. The molecule has 0 bridgehead atoms. The Kier molecular flexibility index (Phi) is 7.43. The molecule has 6 nitrogen and oxygen atoms in total. The first kappa shape index (κ1) is 22.2. The average Bonchev–Trinajstić information content (AvgIpc) is 2.99. The highest BCUT2D eigenvalue weighted by atomic mass is 35.5. The van der Waals surface area contributed by atoms with E-state index in [0.717, 1.165) is 28.1 Å². The van der Waals surface area contributed by atoms with Crippen molar-refractivity contribution in [3.05, 3.63) is 48.5 Å². The van der Waals surface area contributed by atoms with Gasteiger partial charge >= 0.3 is 0 Å². The van der Waals surface area contributed by atoms with Crippen LogP contribution in [0.5, 0.6) is 0 Å². The quantitative estimate of drug-likeness (QED) is 0.678. The van der Waals surface area contributed by atoms with Gasteiger partial charge in [-0.05, 0) is 31.2 Å². The van der Waals surface area contributed by atoms with E-state index in [1.165, 1.54) is 0 Å². The number of hydrogen-bond acceptors (Lipinski definition) is 4. The lowest BCUT2D eigenvalue weighted by molar-refractivity contribution is -0.123. The molecule has 0 aliphatic carbocycles. The minimum atomic E-state index is -0.344. The Morgan fingerprint density at radius 1 is 1.21 bits per heavy atom. The molecule has 1 fully saturated rings. The van der Waals surface area contributed by atoms with E-state index in [1.807, 2.05) is 62.5 Å². The van der Waals surface area contributed by atoms with Gasteiger partial charge in [-0.15, -0.1) is 24.8 Å². The molecule has 8 heteroatoms. The highest BCUT2D eigenvalue weighted by molar-refractivity contribution is 5.96. The summed E-state index contributed by atoms with van der Waals surface area (Å²) in [6, 6.07) is 15.5. The number of nitrogens with one attached hydrogen (secondary N) is 2. The summed E-state index contributed by atoms with van der Waals surface area (Å²) in [4.78, 5) is 17.3. The molecule has 2 aromatic carbocycles. The molecule has 1 aliphatic heterocycles. The number of morpholine rings is 1. The number of hydrogen-bond donors (Lipinski definition) is 2. The van der Waals surface area contributed by atoms with Gasteiger partial charge < -0.3 is 19.9 Å². The van der Waals surface area contributed by atoms with Crippen LogP contribution in [0.4, 0.5) is 5.69 Å². The van der Waals surface area contributed by atoms with Gasteiger partial charge in [-0.3, -0.25) is 4.79 Å². The SMILES string of the molecule is C[C@H]1OCCN[C@@H]1C(=O)Nc1cccc(-c2nc3ccccc3n2C)c1.Cl.Cl. The molecule has 1 saturated heterocycles. The largest absolute Gasteiger partial charge is 0.375 e. The van der Waals surface area contributed by atoms with E-state index >= 15 is 0 Å². The van der Waals surface area contributed by atoms with Crippen molar-refractivity contribution in [3.8, 4) is 11.4 Å². The number of fused-ring (bicyclic) bond motifs is 1. The Morgan fingerprint density at radius 2 is 2.00 bits per heavy atom. The zero-order valence-corrected chi connectivity index (χ0v) is 17.3. The number of benzene rings is 2. The third-order valence-electron chi connectivity index (χ3n) is 4.77. The van der Waals surface area contributed by atoms with E-state index in [9.17, 15) is 4.79 Å². The standard InChI is InChI=1S/C20H22N4O2.2ClH/c1-13-18(21-10-11-26-13)20(25)22-15-7-5-6-14(12-15)19-23-16-8-3-4-9-17(16)24(19)2;;/h3-9,12-13,18,21H,10-11H2,1-2H3,(H,22,25);2*1H/t13-,18+;;/m1../s1. The molecule has 1 amide bonds. The van der Waals surface area contributed by atoms with Crippen molar-refractivity contribution in [2.45, 2.75) is 19.1 Å². The number of carbonyl (C=O) groups excluding carboxylic acids is 1. The Hall–Kier alpha value is -2.12. The molecule has 150 valence electrons. The number of carbonyl (C=O) groups is 1. The Labute approximate surface area is 176 Å². The summed E-state index contributed by atoms with van der Waals surface area (Å²) in [5, 5.41) is 6.20. The van der Waals surface area contributed by atoms with Gasteiger partial charge in [0, 0.05) is 24.8 Å². The zero-order valence-electron chi connectivity index (χ0n) is 15.7. The molecule has 1 aromatic heterocycles. The molecule has 1 aliphatic rings. The summed E-state index contributed by atoms with van der Waals surface area (Å²) in [5.41, 5.74) is 3.74. The Bertz CT molecular complexity index is 960. The molecule has 3 aromatic rings. The molecule has 28 heavy (non-hydrogen) atoms. The van der Waals surface area contributed by atoms with Crippen molar-refractivity contribution in [2.75, 3.05) is 18.5 Å². The third-order valence-corrected chi connectivity index (χ3v) is 4.77. The summed E-state index contributed by atoms with van der Waals surface area (Å²) in [6.45, 7) is 3.22. The highest BCUT2D eigenvalue weighted by Crippen LogP contribution is 2.25. The van der Waals surface area contributed by atoms with Gasteiger partial charge in [0.05, 0.1) is 23.7 Å². The summed E-state index contributed by atoms with van der Waals surface area (Å²) in [6.07, 6.45) is -0.147. The maximum Gasteiger partial charge on any atom is 0.244 e. The molecular weight excluding hydrogens is 399 g/mol. The lowest BCUT2D eigenvalue weighted by Crippen LogP contribution is -2.53. The molecule has 2 atom stereocenters. The van der Waals surface area contributed by atoms with Crippen molar-refractivity contribution < 1.29 is 9.53 Å². The van der Waals surface area contributed by atoms with Crippen molar-refractivity contribution in [3.63, 3.8) is 0 Å².